The molecule has 0 fully saturated rings. The van der Waals surface area contributed by atoms with Crippen LogP contribution in [0.2, 0.25) is 0 Å². The lowest BCUT2D eigenvalue weighted by Gasteiger charge is -2.27. The fraction of sp³-hybridized carbons (Fsp3) is 0.458. The molecule has 0 saturated heterocycles. The number of hydrogen-bond donors (Lipinski definition) is 3. The van der Waals surface area contributed by atoms with Crippen LogP contribution in [0.5, 0.6) is 6.01 Å². The fourth-order valence-corrected chi connectivity index (χ4v) is 4.03. The Morgan fingerprint density at radius 2 is 1.81 bits per heavy atom. The molecule has 1 unspecified atom stereocenters. The van der Waals surface area contributed by atoms with Crippen LogP contribution < -0.4 is 15.4 Å². The maximum absolute atomic E-state index is 15.9. The molecule has 8 nitrogen and oxygen atoms in total. The van der Waals surface area contributed by atoms with E-state index in [2.05, 4.69) is 15.0 Å². The summed E-state index contributed by atoms with van der Waals surface area (Å²) in [5.74, 6) is -2.18. The van der Waals surface area contributed by atoms with Crippen molar-refractivity contribution < 1.29 is 36.9 Å². The maximum Gasteiger partial charge on any atom is 0.417 e. The Hall–Kier alpha value is -3.32. The van der Waals surface area contributed by atoms with Crippen LogP contribution in [0.25, 0.3) is 22.2 Å². The van der Waals surface area contributed by atoms with Gasteiger partial charge in [-0.15, -0.1) is 0 Å². The number of aliphatic hydroxyl groups is 2. The highest BCUT2D eigenvalue weighted by atomic mass is 19.4. The Bertz CT molecular complexity index is 1290. The van der Waals surface area contributed by atoms with E-state index in [-0.39, 0.29) is 17.1 Å². The minimum Gasteiger partial charge on any atom is -0.408 e. The second kappa shape index (κ2) is 11.0. The van der Waals surface area contributed by atoms with E-state index in [9.17, 15) is 27.8 Å². The van der Waals surface area contributed by atoms with Crippen LogP contribution >= 0.6 is 0 Å². The van der Waals surface area contributed by atoms with Crippen molar-refractivity contribution in [3.63, 3.8) is 0 Å². The summed E-state index contributed by atoms with van der Waals surface area (Å²) in [6, 6.07) is 0.0655. The molecule has 0 aliphatic heterocycles. The monoisotopic (exact) mass is 529 g/mol. The molecule has 3 aromatic rings. The zero-order valence-corrected chi connectivity index (χ0v) is 20.7. The van der Waals surface area contributed by atoms with Crippen LogP contribution in [0.4, 0.5) is 33.5 Å². The molecule has 4 N–H and O–H groups in total. The quantitative estimate of drug-likeness (QED) is 0.206. The number of ether oxygens (including phenoxy) is 1. The van der Waals surface area contributed by atoms with Gasteiger partial charge in [0.1, 0.15) is 22.8 Å². The third-order valence-corrected chi connectivity index (χ3v) is 5.94. The molecule has 0 spiro atoms. The average Bonchev–Trinajstić information content (AvgIpc) is 2.80. The standard InChI is InChI=1S/C24H28F5N5O3/c1-5-7-34(10-11(3)6-2)21-14-9-31-19(18(26)20(14)32-22(33-21)37-23(35)36)13-8-15(30)17(25)12(4)16(13)24(27,28)29/h8-9,11,23,35-36H,5-7,10,30H2,1-4H3. The van der Waals surface area contributed by atoms with Gasteiger partial charge in [-0.3, -0.25) is 4.98 Å². The molecule has 0 aliphatic carbocycles. The molecule has 202 valence electrons. The number of aliphatic hydroxyl groups excluding tert-OH is 1. The highest BCUT2D eigenvalue weighted by Crippen LogP contribution is 2.43. The maximum atomic E-state index is 15.9. The van der Waals surface area contributed by atoms with Gasteiger partial charge in [0, 0.05) is 24.8 Å². The van der Waals surface area contributed by atoms with Gasteiger partial charge < -0.3 is 25.6 Å². The number of pyridine rings is 1. The number of aromatic nitrogens is 3. The van der Waals surface area contributed by atoms with Crippen molar-refractivity contribution in [1.82, 2.24) is 15.0 Å². The van der Waals surface area contributed by atoms with Crippen molar-refractivity contribution >= 4 is 22.4 Å². The summed E-state index contributed by atoms with van der Waals surface area (Å²) in [5.41, 5.74) is 0.731. The topological polar surface area (TPSA) is 118 Å². The first-order valence-electron chi connectivity index (χ1n) is 11.6. The summed E-state index contributed by atoms with van der Waals surface area (Å²) in [6.45, 7) is 5.44. The molecule has 0 aliphatic rings. The average molecular weight is 530 g/mol. The highest BCUT2D eigenvalue weighted by Gasteiger charge is 2.38. The molecule has 0 radical (unpaired) electrons. The lowest BCUT2D eigenvalue weighted by Crippen LogP contribution is -2.30. The van der Waals surface area contributed by atoms with Crippen molar-refractivity contribution in [3.05, 3.63) is 35.0 Å². The first-order valence-corrected chi connectivity index (χ1v) is 11.6. The molecule has 3 rings (SSSR count). The number of halogens is 5. The third kappa shape index (κ3) is 5.82. The predicted octanol–water partition coefficient (Wildman–Crippen LogP) is 4.79. The second-order valence-electron chi connectivity index (χ2n) is 8.74. The number of nitrogens with two attached hydrogens (primary N) is 1. The number of alkyl halides is 3. The lowest BCUT2D eigenvalue weighted by atomic mass is 9.96. The SMILES string of the molecule is CCCN(CC(C)CC)c1nc(OC(O)O)nc2c(F)c(-c3cc(N)c(F)c(C)c3C(F)(F)F)ncc12. The Balaban J connectivity index is 2.36. The van der Waals surface area contributed by atoms with Crippen LogP contribution in [0.1, 0.15) is 44.7 Å². The van der Waals surface area contributed by atoms with Crippen LogP contribution in [0, 0.1) is 24.5 Å². The number of anilines is 2. The summed E-state index contributed by atoms with van der Waals surface area (Å²) in [5, 5.41) is 18.6. The zero-order valence-electron chi connectivity index (χ0n) is 20.7. The van der Waals surface area contributed by atoms with Gasteiger partial charge in [-0.1, -0.05) is 27.2 Å². The van der Waals surface area contributed by atoms with E-state index in [1.807, 2.05) is 25.7 Å². The van der Waals surface area contributed by atoms with E-state index < -0.39 is 63.9 Å². The van der Waals surface area contributed by atoms with Crippen molar-refractivity contribution in [2.75, 3.05) is 23.7 Å². The number of benzene rings is 1. The van der Waals surface area contributed by atoms with Crippen LogP contribution in [-0.4, -0.2) is 44.7 Å². The van der Waals surface area contributed by atoms with E-state index in [0.29, 0.717) is 25.6 Å². The summed E-state index contributed by atoms with van der Waals surface area (Å²) in [4.78, 5) is 13.9. The highest BCUT2D eigenvalue weighted by molar-refractivity contribution is 5.92. The molecule has 13 heteroatoms. The normalized spacial score (nSPS) is 12.9. The summed E-state index contributed by atoms with van der Waals surface area (Å²) >= 11 is 0. The first kappa shape index (κ1) is 28.3. The van der Waals surface area contributed by atoms with Crippen molar-refractivity contribution in [2.45, 2.75) is 53.2 Å². The Morgan fingerprint density at radius 3 is 2.38 bits per heavy atom. The summed E-state index contributed by atoms with van der Waals surface area (Å²) in [6.07, 6.45) is -2.42. The van der Waals surface area contributed by atoms with Crippen LogP contribution in [-0.2, 0) is 6.18 Å². The van der Waals surface area contributed by atoms with Crippen molar-refractivity contribution in [3.8, 4) is 17.3 Å². The van der Waals surface area contributed by atoms with E-state index in [1.54, 1.807) is 0 Å². The molecular formula is C24H28F5N5O3. The van der Waals surface area contributed by atoms with Gasteiger partial charge in [-0.05, 0) is 30.9 Å². The number of nitrogen functional groups attached to an aromatic ring is 1. The number of rotatable bonds is 9. The Labute approximate surface area is 209 Å². The van der Waals surface area contributed by atoms with Gasteiger partial charge in [0.15, 0.2) is 5.82 Å². The molecule has 37 heavy (non-hydrogen) atoms. The van der Waals surface area contributed by atoms with E-state index >= 15 is 4.39 Å². The Kier molecular flexibility index (Phi) is 8.38. The molecular weight excluding hydrogens is 501 g/mol. The van der Waals surface area contributed by atoms with Gasteiger partial charge >= 0.3 is 18.7 Å². The number of hydrogen-bond acceptors (Lipinski definition) is 8. The molecule has 2 heterocycles. The smallest absolute Gasteiger partial charge is 0.408 e. The molecule has 0 saturated carbocycles. The number of fused-ring (bicyclic) bond motifs is 1. The molecule has 0 bridgehead atoms. The number of nitrogens with zero attached hydrogens (tertiary/aromatic N) is 4. The van der Waals surface area contributed by atoms with Crippen molar-refractivity contribution in [1.29, 1.82) is 0 Å². The minimum atomic E-state index is -5.04. The predicted molar refractivity (Wildman–Crippen MR) is 128 cm³/mol. The Morgan fingerprint density at radius 1 is 1.14 bits per heavy atom. The largest absolute Gasteiger partial charge is 0.417 e. The first-order chi connectivity index (χ1) is 17.3. The van der Waals surface area contributed by atoms with Gasteiger partial charge in [0.25, 0.3) is 0 Å². The van der Waals surface area contributed by atoms with Gasteiger partial charge in [0.05, 0.1) is 16.6 Å². The minimum absolute atomic E-state index is 0.0677. The van der Waals surface area contributed by atoms with Crippen molar-refractivity contribution in [2.24, 2.45) is 5.92 Å². The molecule has 1 aromatic carbocycles. The molecule has 2 aromatic heterocycles. The fourth-order valence-electron chi connectivity index (χ4n) is 4.03. The van der Waals surface area contributed by atoms with Crippen LogP contribution in [0.15, 0.2) is 12.3 Å². The lowest BCUT2D eigenvalue weighted by molar-refractivity contribution is -0.183. The molecule has 1 atom stereocenters. The second-order valence-corrected chi connectivity index (χ2v) is 8.74. The molecule has 0 amide bonds. The van der Waals surface area contributed by atoms with Gasteiger partial charge in [0.2, 0.25) is 0 Å². The van der Waals surface area contributed by atoms with Gasteiger partial charge in [-0.25, -0.2) is 8.78 Å². The zero-order chi connectivity index (χ0) is 27.7. The van der Waals surface area contributed by atoms with Gasteiger partial charge in [-0.2, -0.15) is 23.1 Å². The van der Waals surface area contributed by atoms with E-state index in [1.165, 1.54) is 0 Å². The summed E-state index contributed by atoms with van der Waals surface area (Å²) < 4.78 is 76.7. The van der Waals surface area contributed by atoms with E-state index in [4.69, 9.17) is 10.5 Å². The third-order valence-electron chi connectivity index (χ3n) is 5.94. The van der Waals surface area contributed by atoms with E-state index in [0.717, 1.165) is 19.5 Å². The summed E-state index contributed by atoms with van der Waals surface area (Å²) in [7, 11) is 0. The van der Waals surface area contributed by atoms with Crippen LogP contribution in [0.3, 0.4) is 0 Å².